The fourth-order valence-corrected chi connectivity index (χ4v) is 2.53. The zero-order valence-corrected chi connectivity index (χ0v) is 19.2. The maximum absolute atomic E-state index is 11.4. The molecule has 1 amide bonds. The molecule has 0 saturated heterocycles. The van der Waals surface area contributed by atoms with Crippen LogP contribution in [0.4, 0.5) is 4.79 Å². The molecule has 0 aliphatic rings. The number of nitrogens with zero attached hydrogens (tertiary/aromatic N) is 2. The van der Waals surface area contributed by atoms with E-state index in [1.807, 2.05) is 12.1 Å². The molecule has 3 N–H and O–H groups in total. The number of nitriles is 2. The first kappa shape index (κ1) is 27.5. The Bertz CT molecular complexity index is 945. The van der Waals surface area contributed by atoms with Crippen molar-refractivity contribution in [1.82, 2.24) is 5.32 Å². The minimum Gasteiger partial charge on any atom is -0.444 e. The first-order valence-electron chi connectivity index (χ1n) is 8.63. The quantitative estimate of drug-likeness (QED) is 0.631. The molecular formula is C21H23Cl3N4O2. The van der Waals surface area contributed by atoms with E-state index in [1.54, 1.807) is 57.2 Å². The maximum atomic E-state index is 11.4. The van der Waals surface area contributed by atoms with Crippen LogP contribution in [-0.4, -0.2) is 11.7 Å². The Balaban J connectivity index is 0.000000603. The number of benzene rings is 2. The molecule has 2 aromatic carbocycles. The summed E-state index contributed by atoms with van der Waals surface area (Å²) in [6.45, 7) is 6.05. The summed E-state index contributed by atoms with van der Waals surface area (Å²) >= 11 is 11.8. The summed E-state index contributed by atoms with van der Waals surface area (Å²) in [5.41, 5.74) is 7.50. The predicted molar refractivity (Wildman–Crippen MR) is 121 cm³/mol. The van der Waals surface area contributed by atoms with Crippen molar-refractivity contribution in [3.63, 3.8) is 0 Å². The van der Waals surface area contributed by atoms with Crippen LogP contribution in [0.1, 0.15) is 43.0 Å². The van der Waals surface area contributed by atoms with Gasteiger partial charge >= 0.3 is 6.09 Å². The lowest BCUT2D eigenvalue weighted by Crippen LogP contribution is -2.32. The van der Waals surface area contributed by atoms with Gasteiger partial charge in [-0.05, 0) is 56.2 Å². The number of halogens is 3. The highest BCUT2D eigenvalue weighted by molar-refractivity contribution is 6.31. The molecule has 160 valence electrons. The topological polar surface area (TPSA) is 112 Å². The molecule has 0 heterocycles. The molecule has 0 spiro atoms. The van der Waals surface area contributed by atoms with Crippen molar-refractivity contribution in [3.8, 4) is 12.1 Å². The van der Waals surface area contributed by atoms with Gasteiger partial charge in [-0.25, -0.2) is 4.79 Å². The van der Waals surface area contributed by atoms with Gasteiger partial charge in [0, 0.05) is 23.1 Å². The number of carbonyl (C=O) groups is 1. The van der Waals surface area contributed by atoms with Crippen LogP contribution in [0.15, 0.2) is 36.4 Å². The summed E-state index contributed by atoms with van der Waals surface area (Å²) in [5, 5.41) is 20.8. The van der Waals surface area contributed by atoms with Gasteiger partial charge in [-0.15, -0.1) is 12.4 Å². The summed E-state index contributed by atoms with van der Waals surface area (Å²) in [4.78, 5) is 11.4. The van der Waals surface area contributed by atoms with Gasteiger partial charge in [0.2, 0.25) is 0 Å². The van der Waals surface area contributed by atoms with Crippen molar-refractivity contribution in [2.75, 3.05) is 0 Å². The lowest BCUT2D eigenvalue weighted by atomic mass is 10.1. The highest BCUT2D eigenvalue weighted by Gasteiger charge is 2.16. The fourth-order valence-electron chi connectivity index (χ4n) is 2.02. The second-order valence-corrected chi connectivity index (χ2v) is 7.71. The monoisotopic (exact) mass is 468 g/mol. The third-order valence-corrected chi connectivity index (χ3v) is 4.11. The minimum absolute atomic E-state index is 0. The number of rotatable bonds is 3. The van der Waals surface area contributed by atoms with E-state index in [9.17, 15) is 4.79 Å². The van der Waals surface area contributed by atoms with E-state index in [0.717, 1.165) is 11.1 Å². The van der Waals surface area contributed by atoms with Gasteiger partial charge in [0.25, 0.3) is 0 Å². The molecule has 0 atom stereocenters. The summed E-state index contributed by atoms with van der Waals surface area (Å²) in [6.07, 6.45) is -0.497. The van der Waals surface area contributed by atoms with Gasteiger partial charge in [-0.1, -0.05) is 35.3 Å². The molecule has 0 unspecified atom stereocenters. The van der Waals surface area contributed by atoms with Gasteiger partial charge in [-0.2, -0.15) is 10.5 Å². The molecule has 0 saturated carbocycles. The second-order valence-electron chi connectivity index (χ2n) is 6.90. The van der Waals surface area contributed by atoms with E-state index in [0.29, 0.717) is 27.7 Å². The highest BCUT2D eigenvalue weighted by atomic mass is 35.5. The van der Waals surface area contributed by atoms with Crippen molar-refractivity contribution in [1.29, 1.82) is 10.5 Å². The van der Waals surface area contributed by atoms with Crippen molar-refractivity contribution in [3.05, 3.63) is 68.7 Å². The lowest BCUT2D eigenvalue weighted by molar-refractivity contribution is 0.0523. The lowest BCUT2D eigenvalue weighted by Gasteiger charge is -2.19. The van der Waals surface area contributed by atoms with Crippen LogP contribution < -0.4 is 11.1 Å². The maximum Gasteiger partial charge on any atom is 0.407 e. The second kappa shape index (κ2) is 13.0. The van der Waals surface area contributed by atoms with Gasteiger partial charge in [-0.3, -0.25) is 0 Å². The number of hydrogen-bond donors (Lipinski definition) is 2. The largest absolute Gasteiger partial charge is 0.444 e. The Morgan fingerprint density at radius 3 is 1.87 bits per heavy atom. The fraction of sp³-hybridized carbons (Fsp3) is 0.286. The van der Waals surface area contributed by atoms with Gasteiger partial charge in [0.05, 0.1) is 23.3 Å². The molecule has 6 nitrogen and oxygen atoms in total. The van der Waals surface area contributed by atoms with Gasteiger partial charge < -0.3 is 15.8 Å². The Morgan fingerprint density at radius 2 is 1.50 bits per heavy atom. The molecule has 0 aromatic heterocycles. The zero-order valence-electron chi connectivity index (χ0n) is 16.8. The van der Waals surface area contributed by atoms with E-state index in [4.69, 9.17) is 44.2 Å². The number of ether oxygens (including phenoxy) is 1. The van der Waals surface area contributed by atoms with Crippen molar-refractivity contribution >= 4 is 41.7 Å². The first-order valence-corrected chi connectivity index (χ1v) is 9.39. The summed E-state index contributed by atoms with van der Waals surface area (Å²) < 4.78 is 5.10. The van der Waals surface area contributed by atoms with Gasteiger partial charge in [0.1, 0.15) is 5.60 Å². The molecule has 0 aliphatic carbocycles. The Labute approximate surface area is 192 Å². The predicted octanol–water partition coefficient (Wildman–Crippen LogP) is 5.33. The highest BCUT2D eigenvalue weighted by Crippen LogP contribution is 2.18. The van der Waals surface area contributed by atoms with Crippen molar-refractivity contribution in [2.24, 2.45) is 5.73 Å². The minimum atomic E-state index is -0.529. The number of carbonyl (C=O) groups excluding carboxylic acids is 1. The van der Waals surface area contributed by atoms with Crippen LogP contribution in [0.2, 0.25) is 10.0 Å². The van der Waals surface area contributed by atoms with Crippen LogP contribution >= 0.6 is 35.6 Å². The van der Waals surface area contributed by atoms with Crippen LogP contribution in [0.5, 0.6) is 0 Å². The molecule has 2 aromatic rings. The summed E-state index contributed by atoms with van der Waals surface area (Å²) in [7, 11) is 0. The van der Waals surface area contributed by atoms with Crippen LogP contribution in [0.3, 0.4) is 0 Å². The van der Waals surface area contributed by atoms with Crippen LogP contribution in [0.25, 0.3) is 0 Å². The number of alkyl carbamates (subject to hydrolysis) is 1. The molecule has 0 fully saturated rings. The molecule has 30 heavy (non-hydrogen) atoms. The van der Waals surface area contributed by atoms with Gasteiger partial charge in [0.15, 0.2) is 0 Å². The summed E-state index contributed by atoms with van der Waals surface area (Å²) in [5.74, 6) is 0. The number of hydrogen-bond acceptors (Lipinski definition) is 5. The van der Waals surface area contributed by atoms with Crippen LogP contribution in [-0.2, 0) is 17.8 Å². The standard InChI is InChI=1S/C13H15ClN2O2.C8H7ClN2.ClH/c1-13(2,3)18-12(17)16-8-10-5-4-9(7-15)6-11(10)14;9-8-3-6(4-10)1-2-7(8)5-11;/h4-6H,8H2,1-3H3,(H,16,17);1-3H,5,11H2;1H. The van der Waals surface area contributed by atoms with E-state index in [1.165, 1.54) is 0 Å². The number of amides is 1. The summed E-state index contributed by atoms with van der Waals surface area (Å²) in [6, 6.07) is 14.0. The Morgan fingerprint density at radius 1 is 1.03 bits per heavy atom. The molecule has 0 bridgehead atoms. The first-order chi connectivity index (χ1) is 13.6. The number of nitrogens with two attached hydrogens (primary N) is 1. The molecular weight excluding hydrogens is 447 g/mol. The van der Waals surface area contributed by atoms with Crippen molar-refractivity contribution in [2.45, 2.75) is 39.5 Å². The van der Waals surface area contributed by atoms with Crippen molar-refractivity contribution < 1.29 is 9.53 Å². The van der Waals surface area contributed by atoms with E-state index < -0.39 is 11.7 Å². The zero-order chi connectivity index (χ0) is 22.0. The molecule has 0 radical (unpaired) electrons. The number of nitrogens with one attached hydrogen (secondary N) is 1. The molecule has 2 rings (SSSR count). The Kier molecular flexibility index (Phi) is 11.9. The van der Waals surface area contributed by atoms with Crippen LogP contribution in [0, 0.1) is 22.7 Å². The molecule has 0 aliphatic heterocycles. The molecule has 9 heteroatoms. The normalized spacial score (nSPS) is 9.73. The average molecular weight is 470 g/mol. The van der Waals surface area contributed by atoms with E-state index in [2.05, 4.69) is 5.32 Å². The Hall–Kier alpha value is -2.48. The van der Waals surface area contributed by atoms with E-state index in [-0.39, 0.29) is 19.0 Å². The average Bonchev–Trinajstić information content (AvgIpc) is 2.66. The SMILES string of the molecule is CC(C)(C)OC(=O)NCc1ccc(C#N)cc1Cl.Cl.N#Cc1ccc(CN)c(Cl)c1. The van der Waals surface area contributed by atoms with E-state index >= 15 is 0 Å². The third-order valence-electron chi connectivity index (χ3n) is 3.41. The smallest absolute Gasteiger partial charge is 0.407 e. The third kappa shape index (κ3) is 9.82.